The van der Waals surface area contributed by atoms with Crippen LogP contribution in [0.25, 0.3) is 0 Å². The van der Waals surface area contributed by atoms with E-state index in [2.05, 4.69) is 29.2 Å². The van der Waals surface area contributed by atoms with Gasteiger partial charge in [0.05, 0.1) is 5.41 Å². The van der Waals surface area contributed by atoms with Gasteiger partial charge < -0.3 is 0 Å². The van der Waals surface area contributed by atoms with Crippen LogP contribution in [0.4, 0.5) is 0 Å². The number of allylic oxidation sites excluding steroid dienone is 1. The highest BCUT2D eigenvalue weighted by Gasteiger charge is 2.48. The molecule has 1 saturated carbocycles. The fourth-order valence-electron chi connectivity index (χ4n) is 2.06. The first kappa shape index (κ1) is 12.9. The molecule has 0 aromatic carbocycles. The molecule has 3 heteroatoms. The van der Waals surface area contributed by atoms with E-state index in [9.17, 15) is 9.59 Å². The third-order valence-electron chi connectivity index (χ3n) is 3.05. The summed E-state index contributed by atoms with van der Waals surface area (Å²) in [4.78, 5) is 24.0. The van der Waals surface area contributed by atoms with Gasteiger partial charge in [0.25, 0.3) is 0 Å². The van der Waals surface area contributed by atoms with E-state index in [-0.39, 0.29) is 17.0 Å². The summed E-state index contributed by atoms with van der Waals surface area (Å²) in [6.07, 6.45) is 1.49. The average Bonchev–Trinajstić information content (AvgIpc) is 1.98. The number of ketones is 2. The van der Waals surface area contributed by atoms with Crippen LogP contribution in [0.15, 0.2) is 10.2 Å². The van der Waals surface area contributed by atoms with Crippen molar-refractivity contribution in [3.8, 4) is 0 Å². The Labute approximate surface area is 105 Å². The second-order valence-electron chi connectivity index (χ2n) is 5.39. The molecule has 15 heavy (non-hydrogen) atoms. The Morgan fingerprint density at radius 1 is 1.27 bits per heavy atom. The van der Waals surface area contributed by atoms with Gasteiger partial charge in [0.2, 0.25) is 0 Å². The van der Waals surface area contributed by atoms with Crippen molar-refractivity contribution < 1.29 is 9.59 Å². The predicted molar refractivity (Wildman–Crippen MR) is 68.9 cm³/mol. The van der Waals surface area contributed by atoms with Gasteiger partial charge in [-0.2, -0.15) is 0 Å². The van der Waals surface area contributed by atoms with Gasteiger partial charge in [-0.15, -0.1) is 0 Å². The van der Waals surface area contributed by atoms with Crippen molar-refractivity contribution in [2.24, 2.45) is 10.8 Å². The molecule has 1 aliphatic rings. The summed E-state index contributed by atoms with van der Waals surface area (Å²) < 4.78 is 0.872. The fourth-order valence-corrected chi connectivity index (χ4v) is 2.82. The Morgan fingerprint density at radius 2 is 1.67 bits per heavy atom. The quantitative estimate of drug-likeness (QED) is 0.578. The van der Waals surface area contributed by atoms with E-state index in [1.165, 1.54) is 0 Å². The third-order valence-corrected chi connectivity index (χ3v) is 3.44. The molecule has 0 bridgehead atoms. The van der Waals surface area contributed by atoms with Crippen LogP contribution in [0.3, 0.4) is 0 Å². The van der Waals surface area contributed by atoms with Crippen molar-refractivity contribution >= 4 is 34.2 Å². The van der Waals surface area contributed by atoms with Crippen LogP contribution in [0.1, 0.15) is 40.0 Å². The molecule has 0 atom stereocenters. The van der Waals surface area contributed by atoms with Gasteiger partial charge in [-0.25, -0.2) is 0 Å². The summed E-state index contributed by atoms with van der Waals surface area (Å²) in [5.74, 6) is 0.142. The predicted octanol–water partition coefficient (Wildman–Crippen LogP) is 3.29. The van der Waals surface area contributed by atoms with Gasteiger partial charge in [-0.05, 0) is 44.9 Å². The lowest BCUT2D eigenvalue weighted by molar-refractivity contribution is -0.146. The molecule has 1 rings (SSSR count). The maximum Gasteiger partial charge on any atom is 0.147 e. The van der Waals surface area contributed by atoms with Crippen LogP contribution in [-0.4, -0.2) is 11.6 Å². The molecule has 0 aromatic heterocycles. The normalized spacial score (nSPS) is 24.0. The zero-order chi connectivity index (χ0) is 11.9. The first-order chi connectivity index (χ1) is 6.67. The standard InChI is InChI=1S/C12H17IO2/c1-8(13)5-12(4)9(14)6-11(2,3)7-10(12)15/h1,5-7H2,2-4H3. The Kier molecular flexibility index (Phi) is 3.43. The molecule has 0 aliphatic heterocycles. The summed E-state index contributed by atoms with van der Waals surface area (Å²) >= 11 is 2.08. The Balaban J connectivity index is 2.97. The minimum atomic E-state index is -0.812. The monoisotopic (exact) mass is 320 g/mol. The number of carbonyl (C=O) groups is 2. The molecule has 1 aliphatic carbocycles. The van der Waals surface area contributed by atoms with E-state index in [1.807, 2.05) is 13.8 Å². The van der Waals surface area contributed by atoms with E-state index < -0.39 is 5.41 Å². The van der Waals surface area contributed by atoms with E-state index in [4.69, 9.17) is 0 Å². The number of hydrogen-bond acceptors (Lipinski definition) is 2. The Morgan fingerprint density at radius 3 is 2.00 bits per heavy atom. The van der Waals surface area contributed by atoms with Crippen LogP contribution in [-0.2, 0) is 9.59 Å². The molecule has 2 nitrogen and oxygen atoms in total. The van der Waals surface area contributed by atoms with Gasteiger partial charge >= 0.3 is 0 Å². The first-order valence-corrected chi connectivity index (χ1v) is 6.15. The van der Waals surface area contributed by atoms with Crippen molar-refractivity contribution in [2.75, 3.05) is 0 Å². The van der Waals surface area contributed by atoms with Crippen molar-refractivity contribution in [3.63, 3.8) is 0 Å². The second kappa shape index (κ2) is 4.00. The average molecular weight is 320 g/mol. The number of hydrogen-bond donors (Lipinski definition) is 0. The smallest absolute Gasteiger partial charge is 0.147 e. The molecule has 0 N–H and O–H groups in total. The van der Waals surface area contributed by atoms with Gasteiger partial charge in [-0.1, -0.05) is 20.4 Å². The Bertz CT molecular complexity index is 309. The lowest BCUT2D eigenvalue weighted by atomic mass is 9.63. The van der Waals surface area contributed by atoms with Crippen LogP contribution in [0, 0.1) is 10.8 Å². The number of carbonyl (C=O) groups excluding carboxylic acids is 2. The molecule has 0 radical (unpaired) electrons. The van der Waals surface area contributed by atoms with Crippen LogP contribution in [0.5, 0.6) is 0 Å². The SMILES string of the molecule is C=C(I)CC1(C)C(=O)CC(C)(C)CC1=O. The van der Waals surface area contributed by atoms with Gasteiger partial charge in [0.15, 0.2) is 0 Å². The van der Waals surface area contributed by atoms with Crippen molar-refractivity contribution in [1.29, 1.82) is 0 Å². The molecular formula is C12H17IO2. The highest BCUT2D eigenvalue weighted by atomic mass is 127. The highest BCUT2D eigenvalue weighted by molar-refractivity contribution is 14.1. The van der Waals surface area contributed by atoms with E-state index in [0.29, 0.717) is 19.3 Å². The van der Waals surface area contributed by atoms with Crippen molar-refractivity contribution in [1.82, 2.24) is 0 Å². The molecule has 0 unspecified atom stereocenters. The van der Waals surface area contributed by atoms with E-state index >= 15 is 0 Å². The van der Waals surface area contributed by atoms with Gasteiger partial charge in [0, 0.05) is 12.8 Å². The van der Waals surface area contributed by atoms with Crippen molar-refractivity contribution in [3.05, 3.63) is 10.2 Å². The zero-order valence-electron chi connectivity index (χ0n) is 9.52. The van der Waals surface area contributed by atoms with Crippen LogP contribution >= 0.6 is 22.6 Å². The lowest BCUT2D eigenvalue weighted by Crippen LogP contribution is -2.45. The van der Waals surface area contributed by atoms with Gasteiger partial charge in [-0.3, -0.25) is 9.59 Å². The third kappa shape index (κ3) is 2.68. The van der Waals surface area contributed by atoms with Crippen LogP contribution in [0.2, 0.25) is 0 Å². The number of rotatable bonds is 2. The summed E-state index contributed by atoms with van der Waals surface area (Å²) in [5.41, 5.74) is -0.978. The second-order valence-corrected chi connectivity index (χ2v) is 6.92. The Hall–Kier alpha value is -0.190. The minimum Gasteiger partial charge on any atom is -0.299 e. The highest BCUT2D eigenvalue weighted by Crippen LogP contribution is 2.43. The summed E-state index contributed by atoms with van der Waals surface area (Å²) in [7, 11) is 0. The summed E-state index contributed by atoms with van der Waals surface area (Å²) in [6, 6.07) is 0. The maximum absolute atomic E-state index is 12.0. The molecule has 1 fully saturated rings. The summed E-state index contributed by atoms with van der Waals surface area (Å²) in [6.45, 7) is 9.49. The van der Waals surface area contributed by atoms with Crippen molar-refractivity contribution in [2.45, 2.75) is 40.0 Å². The lowest BCUT2D eigenvalue weighted by Gasteiger charge is -2.38. The first-order valence-electron chi connectivity index (χ1n) is 5.07. The largest absolute Gasteiger partial charge is 0.299 e. The van der Waals surface area contributed by atoms with E-state index in [0.717, 1.165) is 3.58 Å². The molecule has 0 amide bonds. The number of Topliss-reactive ketones (excluding diaryl/α,β-unsaturated/α-hetero) is 2. The summed E-state index contributed by atoms with van der Waals surface area (Å²) in [5, 5.41) is 0. The van der Waals surface area contributed by atoms with Crippen LogP contribution < -0.4 is 0 Å². The molecule has 0 saturated heterocycles. The van der Waals surface area contributed by atoms with E-state index in [1.54, 1.807) is 6.92 Å². The van der Waals surface area contributed by atoms with Gasteiger partial charge in [0.1, 0.15) is 11.6 Å². The molecule has 84 valence electrons. The zero-order valence-corrected chi connectivity index (χ0v) is 11.7. The number of halogens is 1. The molecule has 0 heterocycles. The molecule has 0 spiro atoms. The molecule has 0 aromatic rings. The minimum absolute atomic E-state index is 0.0709. The maximum atomic E-state index is 12.0. The topological polar surface area (TPSA) is 34.1 Å². The molecular weight excluding hydrogens is 303 g/mol. The fraction of sp³-hybridized carbons (Fsp3) is 0.667.